The maximum Gasteiger partial charge on any atom is 0.355 e. The Labute approximate surface area is 155 Å². The summed E-state index contributed by atoms with van der Waals surface area (Å²) in [7, 11) is 1.47. The van der Waals surface area contributed by atoms with E-state index < -0.39 is 16.9 Å². The van der Waals surface area contributed by atoms with Gasteiger partial charge in [0.25, 0.3) is 5.56 Å². The predicted molar refractivity (Wildman–Crippen MR) is 98.5 cm³/mol. The smallest absolute Gasteiger partial charge is 0.355 e. The Balaban J connectivity index is 2.02. The van der Waals surface area contributed by atoms with Crippen molar-refractivity contribution in [3.05, 3.63) is 83.3 Å². The zero-order valence-corrected chi connectivity index (χ0v) is 14.9. The van der Waals surface area contributed by atoms with Crippen LogP contribution in [0.3, 0.4) is 0 Å². The van der Waals surface area contributed by atoms with Crippen molar-refractivity contribution in [3.8, 4) is 5.75 Å². The van der Waals surface area contributed by atoms with E-state index in [2.05, 4.69) is 0 Å². The molecule has 0 aliphatic carbocycles. The molecule has 4 aromatic rings. The number of rotatable bonds is 3. The number of fused-ring (bicyclic) bond motifs is 3. The number of ether oxygens (including phenoxy) is 1. The summed E-state index contributed by atoms with van der Waals surface area (Å²) in [5, 5.41) is 0.884. The monoisotopic (exact) mass is 391 g/mol. The maximum absolute atomic E-state index is 12.8. The highest BCUT2D eigenvalue weighted by molar-refractivity contribution is 6.35. The fourth-order valence-corrected chi connectivity index (χ4v) is 3.48. The standard InChI is InChI=1S/C17H11Cl2N3O4/c1-26-9-5-6-14-10(7-9)15(23)22-17(25)20(16(24)21(14)22)8-11-12(18)3-2-4-13(11)19/h2-7H,8H2,1H3. The number of halogens is 2. The Morgan fingerprint density at radius 3 is 2.27 bits per heavy atom. The highest BCUT2D eigenvalue weighted by Gasteiger charge is 2.21. The largest absolute Gasteiger partial charge is 0.497 e. The molecule has 132 valence electrons. The number of hydrogen-bond donors (Lipinski definition) is 0. The molecule has 0 atom stereocenters. The first kappa shape index (κ1) is 16.7. The quantitative estimate of drug-likeness (QED) is 0.534. The van der Waals surface area contributed by atoms with Crippen LogP contribution < -0.4 is 21.7 Å². The van der Waals surface area contributed by atoms with Crippen LogP contribution in [0.2, 0.25) is 10.0 Å². The first-order chi connectivity index (χ1) is 12.4. The molecule has 0 spiro atoms. The van der Waals surface area contributed by atoms with Crippen LogP contribution in [-0.4, -0.2) is 20.7 Å². The zero-order valence-electron chi connectivity index (χ0n) is 13.4. The minimum absolute atomic E-state index is 0.137. The lowest BCUT2D eigenvalue weighted by molar-refractivity contribution is 0.415. The molecule has 0 saturated heterocycles. The topological polar surface area (TPSA) is 74.2 Å². The second kappa shape index (κ2) is 5.89. The molecule has 0 aliphatic rings. The van der Waals surface area contributed by atoms with Crippen LogP contribution >= 0.6 is 23.2 Å². The molecule has 9 heteroatoms. The molecule has 0 radical (unpaired) electrons. The number of hydrogen-bond acceptors (Lipinski definition) is 4. The molecule has 0 saturated carbocycles. The molecule has 4 rings (SSSR count). The zero-order chi connectivity index (χ0) is 18.6. The first-order valence-electron chi connectivity index (χ1n) is 7.55. The third-order valence-corrected chi connectivity index (χ3v) is 4.97. The minimum Gasteiger partial charge on any atom is -0.497 e. The average Bonchev–Trinajstić information content (AvgIpc) is 3.05. The van der Waals surface area contributed by atoms with E-state index in [1.807, 2.05) is 0 Å². The van der Waals surface area contributed by atoms with Crippen molar-refractivity contribution in [2.45, 2.75) is 6.54 Å². The van der Waals surface area contributed by atoms with Crippen LogP contribution in [0, 0.1) is 0 Å². The summed E-state index contributed by atoms with van der Waals surface area (Å²) in [5.41, 5.74) is -1.25. The summed E-state index contributed by atoms with van der Waals surface area (Å²) < 4.78 is 7.87. The number of benzene rings is 2. The third-order valence-electron chi connectivity index (χ3n) is 4.26. The van der Waals surface area contributed by atoms with E-state index in [0.29, 0.717) is 26.9 Å². The van der Waals surface area contributed by atoms with Gasteiger partial charge in [0.1, 0.15) is 5.75 Å². The Bertz CT molecular complexity index is 1320. The second-order valence-electron chi connectivity index (χ2n) is 5.66. The molecule has 0 aliphatic heterocycles. The van der Waals surface area contributed by atoms with Crippen LogP contribution in [0.5, 0.6) is 5.75 Å². The van der Waals surface area contributed by atoms with Crippen LogP contribution in [0.4, 0.5) is 0 Å². The van der Waals surface area contributed by atoms with Gasteiger partial charge in [-0.15, -0.1) is 0 Å². The number of methoxy groups -OCH3 is 1. The molecule has 2 aromatic heterocycles. The van der Waals surface area contributed by atoms with E-state index in [9.17, 15) is 14.4 Å². The van der Waals surface area contributed by atoms with Gasteiger partial charge >= 0.3 is 11.4 Å². The van der Waals surface area contributed by atoms with Crippen LogP contribution in [0.25, 0.3) is 10.9 Å². The summed E-state index contributed by atoms with van der Waals surface area (Å²) in [4.78, 5) is 38.1. The SMILES string of the molecule is COc1ccc2c(c1)c(=O)n1c(=O)n(Cc3c(Cl)cccc3Cl)c(=O)n21. The summed E-state index contributed by atoms with van der Waals surface area (Å²) >= 11 is 12.3. The summed E-state index contributed by atoms with van der Waals surface area (Å²) in [6, 6.07) is 9.55. The van der Waals surface area contributed by atoms with Gasteiger partial charge in [0.2, 0.25) is 0 Å². The van der Waals surface area contributed by atoms with Crippen molar-refractivity contribution in [2.75, 3.05) is 7.11 Å². The van der Waals surface area contributed by atoms with Crippen LogP contribution in [0.1, 0.15) is 5.56 Å². The average molecular weight is 392 g/mol. The molecule has 26 heavy (non-hydrogen) atoms. The summed E-state index contributed by atoms with van der Waals surface area (Å²) in [6.07, 6.45) is 0. The van der Waals surface area contributed by atoms with E-state index in [1.165, 1.54) is 13.2 Å². The van der Waals surface area contributed by atoms with Crippen molar-refractivity contribution in [2.24, 2.45) is 0 Å². The molecule has 0 fully saturated rings. The fourth-order valence-electron chi connectivity index (χ4n) is 2.96. The lowest BCUT2D eigenvalue weighted by Crippen LogP contribution is -2.31. The van der Waals surface area contributed by atoms with E-state index in [4.69, 9.17) is 27.9 Å². The predicted octanol–water partition coefficient (Wildman–Crippen LogP) is 1.88. The van der Waals surface area contributed by atoms with Gasteiger partial charge in [-0.05, 0) is 30.3 Å². The second-order valence-corrected chi connectivity index (χ2v) is 6.48. The summed E-state index contributed by atoms with van der Waals surface area (Å²) in [5.74, 6) is 0.457. The lowest BCUT2D eigenvalue weighted by Gasteiger charge is -2.05. The number of aromatic nitrogens is 3. The van der Waals surface area contributed by atoms with E-state index >= 15 is 0 Å². The molecular weight excluding hydrogens is 381 g/mol. The summed E-state index contributed by atoms with van der Waals surface area (Å²) in [6.45, 7) is -0.137. The third kappa shape index (κ3) is 2.24. The van der Waals surface area contributed by atoms with Crippen molar-refractivity contribution in [1.82, 2.24) is 13.6 Å². The van der Waals surface area contributed by atoms with Crippen molar-refractivity contribution < 1.29 is 4.74 Å². The van der Waals surface area contributed by atoms with Crippen molar-refractivity contribution in [3.63, 3.8) is 0 Å². The normalized spacial score (nSPS) is 11.5. The molecule has 0 amide bonds. The van der Waals surface area contributed by atoms with Gasteiger partial charge in [-0.25, -0.2) is 14.2 Å². The Kier molecular flexibility index (Phi) is 3.78. The van der Waals surface area contributed by atoms with Crippen molar-refractivity contribution in [1.29, 1.82) is 0 Å². The minimum atomic E-state index is -0.758. The van der Waals surface area contributed by atoms with Gasteiger partial charge in [-0.2, -0.15) is 9.03 Å². The Morgan fingerprint density at radius 1 is 0.962 bits per heavy atom. The molecule has 2 heterocycles. The molecule has 0 N–H and O–H groups in total. The fraction of sp³-hybridized carbons (Fsp3) is 0.118. The Morgan fingerprint density at radius 2 is 1.62 bits per heavy atom. The molecule has 0 unspecified atom stereocenters. The van der Waals surface area contributed by atoms with E-state index in [0.717, 1.165) is 13.6 Å². The molecule has 7 nitrogen and oxygen atoms in total. The van der Waals surface area contributed by atoms with E-state index in [1.54, 1.807) is 30.3 Å². The van der Waals surface area contributed by atoms with Gasteiger partial charge in [0.05, 0.1) is 24.6 Å². The van der Waals surface area contributed by atoms with E-state index in [-0.39, 0.29) is 11.9 Å². The first-order valence-corrected chi connectivity index (χ1v) is 8.30. The van der Waals surface area contributed by atoms with Crippen molar-refractivity contribution >= 4 is 34.1 Å². The lowest BCUT2D eigenvalue weighted by atomic mass is 10.2. The van der Waals surface area contributed by atoms with Gasteiger partial charge < -0.3 is 4.74 Å². The number of nitrogens with zero attached hydrogens (tertiary/aromatic N) is 3. The maximum atomic E-state index is 12.8. The van der Waals surface area contributed by atoms with Gasteiger partial charge in [0, 0.05) is 15.6 Å². The van der Waals surface area contributed by atoms with Gasteiger partial charge in [-0.1, -0.05) is 29.3 Å². The van der Waals surface area contributed by atoms with Crippen LogP contribution in [0.15, 0.2) is 50.8 Å². The molecular formula is C17H11Cl2N3O4. The molecule has 0 bridgehead atoms. The van der Waals surface area contributed by atoms with Crippen LogP contribution in [-0.2, 0) is 6.54 Å². The van der Waals surface area contributed by atoms with Gasteiger partial charge in [0.15, 0.2) is 0 Å². The highest BCUT2D eigenvalue weighted by atomic mass is 35.5. The van der Waals surface area contributed by atoms with Gasteiger partial charge in [-0.3, -0.25) is 4.79 Å². The molecule has 2 aromatic carbocycles. The Hall–Kier alpha value is -2.77. The highest BCUT2D eigenvalue weighted by Crippen LogP contribution is 2.24.